The molecule has 0 aromatic heterocycles. The molecular weight excluding hydrogens is 446 g/mol. The highest BCUT2D eigenvalue weighted by Crippen LogP contribution is 2.54. The summed E-state index contributed by atoms with van der Waals surface area (Å²) >= 11 is 6.51. The van der Waals surface area contributed by atoms with Crippen molar-refractivity contribution >= 4 is 23.4 Å². The van der Waals surface area contributed by atoms with Gasteiger partial charge in [-0.2, -0.15) is 0 Å². The number of rotatable bonds is 3. The molecule has 33 heavy (non-hydrogen) atoms. The van der Waals surface area contributed by atoms with E-state index in [1.807, 2.05) is 24.3 Å². The van der Waals surface area contributed by atoms with E-state index in [0.717, 1.165) is 24.5 Å². The van der Waals surface area contributed by atoms with Crippen LogP contribution in [0.2, 0.25) is 5.02 Å². The summed E-state index contributed by atoms with van der Waals surface area (Å²) in [7, 11) is 0. The van der Waals surface area contributed by atoms with Crippen LogP contribution in [0.25, 0.3) is 0 Å². The Hall–Kier alpha value is -1.95. The van der Waals surface area contributed by atoms with Gasteiger partial charge in [-0.25, -0.2) is 8.78 Å². The van der Waals surface area contributed by atoms with Crippen molar-refractivity contribution in [3.8, 4) is 0 Å². The number of carbonyl (C=O) groups excluding carboxylic acids is 2. The summed E-state index contributed by atoms with van der Waals surface area (Å²) in [6.07, 6.45) is 3.65. The number of nitrogens with zero attached hydrogens (tertiary/aromatic N) is 2. The number of hydrogen-bond acceptors (Lipinski definition) is 2. The summed E-state index contributed by atoms with van der Waals surface area (Å²) in [6.45, 7) is 9.57. The molecule has 2 aliphatic heterocycles. The highest BCUT2D eigenvalue weighted by Gasteiger charge is 2.67. The van der Waals surface area contributed by atoms with Crippen LogP contribution in [-0.4, -0.2) is 53.2 Å². The Labute approximate surface area is 200 Å². The fourth-order valence-electron chi connectivity index (χ4n) is 6.17. The van der Waals surface area contributed by atoms with Gasteiger partial charge in [0.05, 0.1) is 11.5 Å². The van der Waals surface area contributed by atoms with Crippen LogP contribution >= 0.6 is 11.6 Å². The molecule has 1 aliphatic carbocycles. The first-order chi connectivity index (χ1) is 15.4. The summed E-state index contributed by atoms with van der Waals surface area (Å²) in [5.41, 5.74) is -0.288. The van der Waals surface area contributed by atoms with Crippen molar-refractivity contribution in [2.24, 2.45) is 16.7 Å². The SMILES string of the molecule is C=CC(=O)N1CC2(CCN(C(=O)[C@H]3CCC(C)(C)C[C@@H]3c3ccccc3Cl)[C@H](C)C2(F)F)C1. The lowest BCUT2D eigenvalue weighted by molar-refractivity contribution is -0.244. The molecule has 1 spiro atoms. The molecule has 1 aromatic rings. The number of likely N-dealkylation sites (tertiary alicyclic amines) is 2. The summed E-state index contributed by atoms with van der Waals surface area (Å²) in [5.74, 6) is -4.07. The molecule has 7 heteroatoms. The van der Waals surface area contributed by atoms with E-state index < -0.39 is 17.4 Å². The molecule has 2 amide bonds. The van der Waals surface area contributed by atoms with Gasteiger partial charge in [-0.1, -0.05) is 50.2 Å². The molecule has 0 bridgehead atoms. The lowest BCUT2D eigenvalue weighted by atomic mass is 9.63. The fourth-order valence-corrected chi connectivity index (χ4v) is 6.45. The van der Waals surface area contributed by atoms with Crippen LogP contribution in [0.5, 0.6) is 0 Å². The Balaban J connectivity index is 1.57. The molecule has 3 aliphatic rings. The maximum atomic E-state index is 15.6. The van der Waals surface area contributed by atoms with Gasteiger partial charge in [0, 0.05) is 30.6 Å². The summed E-state index contributed by atoms with van der Waals surface area (Å²) < 4.78 is 31.3. The monoisotopic (exact) mass is 478 g/mol. The number of amides is 2. The van der Waals surface area contributed by atoms with Crippen LogP contribution in [0.15, 0.2) is 36.9 Å². The summed E-state index contributed by atoms with van der Waals surface area (Å²) in [5, 5.41) is 0.621. The summed E-state index contributed by atoms with van der Waals surface area (Å²) in [6, 6.07) is 6.34. The number of benzene rings is 1. The lowest BCUT2D eigenvalue weighted by Gasteiger charge is -2.59. The molecule has 2 saturated heterocycles. The van der Waals surface area contributed by atoms with Gasteiger partial charge < -0.3 is 9.80 Å². The highest BCUT2D eigenvalue weighted by atomic mass is 35.5. The predicted octanol–water partition coefficient (Wildman–Crippen LogP) is 5.52. The molecule has 3 fully saturated rings. The second kappa shape index (κ2) is 8.37. The van der Waals surface area contributed by atoms with Crippen molar-refractivity contribution in [2.45, 2.75) is 64.3 Å². The van der Waals surface area contributed by atoms with Gasteiger partial charge in [-0.3, -0.25) is 9.59 Å². The maximum Gasteiger partial charge on any atom is 0.276 e. The van der Waals surface area contributed by atoms with Crippen LogP contribution < -0.4 is 0 Å². The van der Waals surface area contributed by atoms with Crippen molar-refractivity contribution in [2.75, 3.05) is 19.6 Å². The Morgan fingerprint density at radius 2 is 1.85 bits per heavy atom. The zero-order valence-corrected chi connectivity index (χ0v) is 20.4. The average Bonchev–Trinajstić information content (AvgIpc) is 2.73. The van der Waals surface area contributed by atoms with E-state index in [2.05, 4.69) is 20.4 Å². The Bertz CT molecular complexity index is 957. The maximum absolute atomic E-state index is 15.6. The van der Waals surface area contributed by atoms with E-state index in [-0.39, 0.29) is 55.1 Å². The van der Waals surface area contributed by atoms with Crippen LogP contribution in [0, 0.1) is 16.7 Å². The molecule has 3 atom stereocenters. The highest BCUT2D eigenvalue weighted by molar-refractivity contribution is 6.31. The molecule has 0 N–H and O–H groups in total. The van der Waals surface area contributed by atoms with Gasteiger partial charge in [0.1, 0.15) is 0 Å². The second-order valence-corrected chi connectivity index (χ2v) is 11.3. The first kappa shape index (κ1) is 24.2. The van der Waals surface area contributed by atoms with Gasteiger partial charge in [-0.05, 0) is 61.6 Å². The first-order valence-electron chi connectivity index (χ1n) is 11.8. The number of alkyl halides is 2. The minimum absolute atomic E-state index is 0.0110. The smallest absolute Gasteiger partial charge is 0.276 e. The zero-order valence-electron chi connectivity index (χ0n) is 19.6. The fraction of sp³-hybridized carbons (Fsp3) is 0.615. The third-order valence-electron chi connectivity index (χ3n) is 8.30. The molecule has 1 saturated carbocycles. The quantitative estimate of drug-likeness (QED) is 0.536. The van der Waals surface area contributed by atoms with Crippen LogP contribution in [-0.2, 0) is 9.59 Å². The standard InChI is InChI=1S/C26H33ClF2N2O2/c1-5-22(32)30-15-25(16-30)12-13-31(17(2)26(25,28)29)23(33)19-10-11-24(3,4)14-20(19)18-8-6-7-9-21(18)27/h5-9,17,19-20H,1,10-16H2,2-4H3/t17-,19+,20-/m1/s1. The van der Waals surface area contributed by atoms with Gasteiger partial charge in [-0.15, -0.1) is 0 Å². The summed E-state index contributed by atoms with van der Waals surface area (Å²) in [4.78, 5) is 28.4. The largest absolute Gasteiger partial charge is 0.337 e. The Kier molecular flexibility index (Phi) is 6.13. The molecule has 1 aromatic carbocycles. The minimum atomic E-state index is -3.08. The topological polar surface area (TPSA) is 40.6 Å². The van der Waals surface area contributed by atoms with Crippen LogP contribution in [0.4, 0.5) is 8.78 Å². The zero-order chi connectivity index (χ0) is 24.2. The van der Waals surface area contributed by atoms with Crippen molar-refractivity contribution < 1.29 is 18.4 Å². The molecular formula is C26H33ClF2N2O2. The lowest BCUT2D eigenvalue weighted by Crippen LogP contribution is -2.74. The second-order valence-electron chi connectivity index (χ2n) is 10.9. The van der Waals surface area contributed by atoms with Crippen molar-refractivity contribution in [1.29, 1.82) is 0 Å². The molecule has 4 rings (SSSR count). The van der Waals surface area contributed by atoms with Crippen LogP contribution in [0.1, 0.15) is 57.9 Å². The van der Waals surface area contributed by atoms with E-state index in [1.165, 1.54) is 16.7 Å². The number of carbonyl (C=O) groups is 2. The van der Waals surface area contributed by atoms with E-state index in [4.69, 9.17) is 11.6 Å². The molecule has 0 radical (unpaired) electrons. The van der Waals surface area contributed by atoms with E-state index >= 15 is 8.78 Å². The molecule has 2 heterocycles. The van der Waals surface area contributed by atoms with Gasteiger partial charge in [0.25, 0.3) is 5.92 Å². The normalized spacial score (nSPS) is 29.9. The van der Waals surface area contributed by atoms with E-state index in [1.54, 1.807) is 0 Å². The first-order valence-corrected chi connectivity index (χ1v) is 12.1. The van der Waals surface area contributed by atoms with Crippen molar-refractivity contribution in [3.05, 3.63) is 47.5 Å². The predicted molar refractivity (Wildman–Crippen MR) is 125 cm³/mol. The van der Waals surface area contributed by atoms with Gasteiger partial charge in [0.15, 0.2) is 0 Å². The molecule has 0 unspecified atom stereocenters. The third kappa shape index (κ3) is 3.98. The van der Waals surface area contributed by atoms with Crippen LogP contribution in [0.3, 0.4) is 0 Å². The van der Waals surface area contributed by atoms with Gasteiger partial charge >= 0.3 is 0 Å². The van der Waals surface area contributed by atoms with Gasteiger partial charge in [0.2, 0.25) is 11.8 Å². The van der Waals surface area contributed by atoms with Crippen molar-refractivity contribution in [3.63, 3.8) is 0 Å². The Morgan fingerprint density at radius 1 is 1.18 bits per heavy atom. The van der Waals surface area contributed by atoms with Crippen molar-refractivity contribution in [1.82, 2.24) is 9.80 Å². The molecule has 4 nitrogen and oxygen atoms in total. The Morgan fingerprint density at radius 3 is 2.48 bits per heavy atom. The van der Waals surface area contributed by atoms with E-state index in [9.17, 15) is 9.59 Å². The van der Waals surface area contributed by atoms with E-state index in [0.29, 0.717) is 11.4 Å². The third-order valence-corrected chi connectivity index (χ3v) is 8.64. The number of piperidine rings is 1. The minimum Gasteiger partial charge on any atom is -0.337 e. The average molecular weight is 479 g/mol. The molecule has 180 valence electrons. The number of halogens is 3. The number of hydrogen-bond donors (Lipinski definition) is 0.